The Hall–Kier alpha value is -2.56. The first-order chi connectivity index (χ1) is 11.0. The predicted octanol–water partition coefficient (Wildman–Crippen LogP) is 3.06. The second-order valence-corrected chi connectivity index (χ2v) is 5.93. The number of hydrogen-bond acceptors (Lipinski definition) is 3. The van der Waals surface area contributed by atoms with Crippen LogP contribution in [0.15, 0.2) is 35.1 Å². The maximum atomic E-state index is 12.7. The third-order valence-electron chi connectivity index (χ3n) is 4.12. The molecule has 1 aromatic heterocycles. The van der Waals surface area contributed by atoms with Crippen molar-refractivity contribution in [2.75, 3.05) is 12.4 Å². The second-order valence-electron chi connectivity index (χ2n) is 5.93. The molecule has 1 N–H and O–H groups in total. The van der Waals surface area contributed by atoms with Crippen LogP contribution in [0.3, 0.4) is 0 Å². The highest BCUT2D eigenvalue weighted by Crippen LogP contribution is 2.34. The van der Waals surface area contributed by atoms with Crippen molar-refractivity contribution in [2.45, 2.75) is 32.7 Å². The predicted molar refractivity (Wildman–Crippen MR) is 89.4 cm³/mol. The molecule has 0 radical (unpaired) electrons. The van der Waals surface area contributed by atoms with E-state index in [1.165, 1.54) is 0 Å². The Bertz CT molecular complexity index is 802. The number of ether oxygens (including phenoxy) is 1. The van der Waals surface area contributed by atoms with Gasteiger partial charge in [-0.1, -0.05) is 0 Å². The molecule has 23 heavy (non-hydrogen) atoms. The maximum absolute atomic E-state index is 12.7. The maximum Gasteiger partial charge on any atom is 0.264 e. The first kappa shape index (κ1) is 15.3. The number of amides is 1. The summed E-state index contributed by atoms with van der Waals surface area (Å²) in [5.41, 5.74) is 2.27. The van der Waals surface area contributed by atoms with Crippen LogP contribution in [0.1, 0.15) is 40.5 Å². The van der Waals surface area contributed by atoms with Gasteiger partial charge in [0.05, 0.1) is 7.11 Å². The van der Waals surface area contributed by atoms with Gasteiger partial charge in [0.2, 0.25) is 0 Å². The Kier molecular flexibility index (Phi) is 3.94. The molecule has 0 atom stereocenters. The molecule has 1 saturated carbocycles. The zero-order valence-electron chi connectivity index (χ0n) is 13.6. The topological polar surface area (TPSA) is 60.3 Å². The van der Waals surface area contributed by atoms with Crippen LogP contribution in [0.4, 0.5) is 5.69 Å². The molecule has 0 unspecified atom stereocenters. The van der Waals surface area contributed by atoms with Crippen molar-refractivity contribution in [1.82, 2.24) is 4.57 Å². The van der Waals surface area contributed by atoms with Gasteiger partial charge in [-0.2, -0.15) is 0 Å². The van der Waals surface area contributed by atoms with Crippen molar-refractivity contribution in [1.29, 1.82) is 0 Å². The van der Waals surface area contributed by atoms with E-state index in [9.17, 15) is 9.59 Å². The molecular weight excluding hydrogens is 292 g/mol. The molecule has 1 fully saturated rings. The molecule has 5 nitrogen and oxygen atoms in total. The Labute approximate surface area is 134 Å². The fourth-order valence-corrected chi connectivity index (χ4v) is 2.84. The monoisotopic (exact) mass is 312 g/mol. The first-order valence-corrected chi connectivity index (χ1v) is 7.69. The van der Waals surface area contributed by atoms with Crippen molar-refractivity contribution in [3.63, 3.8) is 0 Å². The van der Waals surface area contributed by atoms with E-state index in [4.69, 9.17) is 4.74 Å². The minimum atomic E-state index is -0.368. The summed E-state index contributed by atoms with van der Waals surface area (Å²) < 4.78 is 6.84. The van der Waals surface area contributed by atoms with Crippen molar-refractivity contribution >= 4 is 11.6 Å². The van der Waals surface area contributed by atoms with Gasteiger partial charge in [-0.25, -0.2) is 0 Å². The summed E-state index contributed by atoms with van der Waals surface area (Å²) >= 11 is 0. The smallest absolute Gasteiger partial charge is 0.264 e. The van der Waals surface area contributed by atoms with Gasteiger partial charge in [0.15, 0.2) is 0 Å². The van der Waals surface area contributed by atoms with Gasteiger partial charge in [0.1, 0.15) is 11.3 Å². The molecule has 0 aliphatic heterocycles. The number of nitrogens with zero attached hydrogens (tertiary/aromatic N) is 1. The van der Waals surface area contributed by atoms with Gasteiger partial charge >= 0.3 is 0 Å². The minimum absolute atomic E-state index is 0.198. The van der Waals surface area contributed by atoms with Crippen LogP contribution >= 0.6 is 0 Å². The first-order valence-electron chi connectivity index (χ1n) is 7.69. The lowest BCUT2D eigenvalue weighted by atomic mass is 10.1. The molecule has 1 heterocycles. The summed E-state index contributed by atoms with van der Waals surface area (Å²) in [5.74, 6) is 0.345. The Morgan fingerprint density at radius 2 is 1.87 bits per heavy atom. The number of methoxy groups -OCH3 is 1. The van der Waals surface area contributed by atoms with Crippen LogP contribution in [0, 0.1) is 13.8 Å². The molecule has 1 aromatic carbocycles. The van der Waals surface area contributed by atoms with Crippen LogP contribution in [0.2, 0.25) is 0 Å². The molecule has 2 aromatic rings. The van der Waals surface area contributed by atoms with E-state index in [1.807, 2.05) is 13.0 Å². The van der Waals surface area contributed by atoms with E-state index >= 15 is 0 Å². The lowest BCUT2D eigenvalue weighted by Gasteiger charge is -2.14. The van der Waals surface area contributed by atoms with E-state index in [0.717, 1.165) is 18.5 Å². The van der Waals surface area contributed by atoms with Crippen LogP contribution in [-0.2, 0) is 0 Å². The van der Waals surface area contributed by atoms with Crippen LogP contribution in [0.25, 0.3) is 0 Å². The average Bonchev–Trinajstić information content (AvgIpc) is 3.32. The summed E-state index contributed by atoms with van der Waals surface area (Å²) in [7, 11) is 1.59. The lowest BCUT2D eigenvalue weighted by molar-refractivity contribution is 0.102. The number of benzene rings is 1. The summed E-state index contributed by atoms with van der Waals surface area (Å²) in [4.78, 5) is 25.3. The van der Waals surface area contributed by atoms with E-state index in [2.05, 4.69) is 5.32 Å². The molecule has 1 aliphatic carbocycles. The van der Waals surface area contributed by atoms with Gasteiger partial charge in [0, 0.05) is 17.4 Å². The van der Waals surface area contributed by atoms with E-state index in [1.54, 1.807) is 42.9 Å². The van der Waals surface area contributed by atoms with Gasteiger partial charge in [0.25, 0.3) is 11.5 Å². The molecule has 0 spiro atoms. The van der Waals surface area contributed by atoms with E-state index in [-0.39, 0.29) is 23.1 Å². The summed E-state index contributed by atoms with van der Waals surface area (Å²) in [6.45, 7) is 3.71. The number of rotatable bonds is 4. The zero-order valence-corrected chi connectivity index (χ0v) is 13.6. The van der Waals surface area contributed by atoms with Gasteiger partial charge in [-0.05, 0) is 62.6 Å². The number of aryl methyl sites for hydroxylation is 2. The average molecular weight is 312 g/mol. The third kappa shape index (κ3) is 2.99. The Morgan fingerprint density at radius 1 is 1.22 bits per heavy atom. The molecule has 5 heteroatoms. The molecule has 3 rings (SSSR count). The normalized spacial score (nSPS) is 13.7. The van der Waals surface area contributed by atoms with Crippen molar-refractivity contribution in [2.24, 2.45) is 0 Å². The van der Waals surface area contributed by atoms with Crippen LogP contribution < -0.4 is 15.6 Å². The van der Waals surface area contributed by atoms with Crippen molar-refractivity contribution in [3.8, 4) is 5.75 Å². The zero-order chi connectivity index (χ0) is 16.6. The van der Waals surface area contributed by atoms with Crippen LogP contribution in [-0.4, -0.2) is 17.6 Å². The van der Waals surface area contributed by atoms with Gasteiger partial charge in [-0.3, -0.25) is 9.59 Å². The Balaban J connectivity index is 1.92. The highest BCUT2D eigenvalue weighted by Gasteiger charge is 2.28. The molecule has 1 amide bonds. The number of carbonyl (C=O) groups is 1. The summed E-state index contributed by atoms with van der Waals surface area (Å²) in [6.07, 6.45) is 2.01. The van der Waals surface area contributed by atoms with Gasteiger partial charge < -0.3 is 14.6 Å². The number of nitrogens with one attached hydrogen (secondary N) is 1. The number of pyridine rings is 1. The van der Waals surface area contributed by atoms with E-state index in [0.29, 0.717) is 17.0 Å². The number of aromatic nitrogens is 1. The molecule has 1 aliphatic rings. The van der Waals surface area contributed by atoms with Crippen molar-refractivity contribution < 1.29 is 9.53 Å². The van der Waals surface area contributed by atoms with Crippen molar-refractivity contribution in [3.05, 3.63) is 57.5 Å². The molecule has 0 bridgehead atoms. The molecule has 0 saturated heterocycles. The number of anilines is 1. The quantitative estimate of drug-likeness (QED) is 0.944. The van der Waals surface area contributed by atoms with Crippen LogP contribution in [0.5, 0.6) is 5.75 Å². The summed E-state index contributed by atoms with van der Waals surface area (Å²) in [6, 6.07) is 9.18. The fourth-order valence-electron chi connectivity index (χ4n) is 2.84. The molecular formula is C18H20N2O3. The van der Waals surface area contributed by atoms with Gasteiger partial charge in [-0.15, -0.1) is 0 Å². The number of carbonyl (C=O) groups excluding carboxylic acids is 1. The third-order valence-corrected chi connectivity index (χ3v) is 4.12. The SMILES string of the molecule is COc1ccc(NC(=O)c2c(C)cc(C)n(C3CC3)c2=O)cc1. The standard InChI is InChI=1S/C18H20N2O3/c1-11-10-12(2)20(14-6-7-14)18(22)16(11)17(21)19-13-4-8-15(23-3)9-5-13/h4-5,8-10,14H,6-7H2,1-3H3,(H,19,21). The Morgan fingerprint density at radius 3 is 2.43 bits per heavy atom. The number of hydrogen-bond donors (Lipinski definition) is 1. The van der Waals surface area contributed by atoms with E-state index < -0.39 is 0 Å². The minimum Gasteiger partial charge on any atom is -0.497 e. The molecule has 120 valence electrons. The fraction of sp³-hybridized carbons (Fsp3) is 0.333. The second kappa shape index (κ2) is 5.91. The highest BCUT2D eigenvalue weighted by molar-refractivity contribution is 6.05. The summed E-state index contributed by atoms with van der Waals surface area (Å²) in [5, 5.41) is 2.79. The lowest BCUT2D eigenvalue weighted by Crippen LogP contribution is -2.31. The largest absolute Gasteiger partial charge is 0.497 e. The highest BCUT2D eigenvalue weighted by atomic mass is 16.5.